The highest BCUT2D eigenvalue weighted by Gasteiger charge is 2.29. The van der Waals surface area contributed by atoms with Gasteiger partial charge in [-0.15, -0.1) is 0 Å². The summed E-state index contributed by atoms with van der Waals surface area (Å²) in [4.78, 5) is 0. The molecule has 0 spiro atoms. The van der Waals surface area contributed by atoms with E-state index in [1.165, 1.54) is 22.3 Å². The molecule has 1 aliphatic heterocycles. The van der Waals surface area contributed by atoms with E-state index in [1.807, 2.05) is 6.07 Å². The van der Waals surface area contributed by atoms with Crippen LogP contribution in [0.2, 0.25) is 0 Å². The van der Waals surface area contributed by atoms with Gasteiger partial charge in [0, 0.05) is 12.1 Å². The Bertz CT molecular complexity index is 658. The Morgan fingerprint density at radius 3 is 2.55 bits per heavy atom. The van der Waals surface area contributed by atoms with Crippen molar-refractivity contribution in [2.24, 2.45) is 0 Å². The summed E-state index contributed by atoms with van der Waals surface area (Å²) in [6, 6.07) is 12.7. The Morgan fingerprint density at radius 1 is 1.10 bits per heavy atom. The van der Waals surface area contributed by atoms with E-state index in [-0.39, 0.29) is 5.60 Å². The van der Waals surface area contributed by atoms with Crippen LogP contribution in [-0.2, 0) is 12.8 Å². The summed E-state index contributed by atoms with van der Waals surface area (Å²) < 4.78 is 5.93. The molecule has 2 aromatic rings. The van der Waals surface area contributed by atoms with Crippen LogP contribution in [0, 0.1) is 0 Å². The van der Waals surface area contributed by atoms with Crippen molar-refractivity contribution in [1.29, 1.82) is 0 Å². The molecule has 0 aliphatic carbocycles. The molecule has 2 heteroatoms. The topological polar surface area (TPSA) is 35.2 Å². The van der Waals surface area contributed by atoms with Crippen molar-refractivity contribution in [1.82, 2.24) is 0 Å². The number of rotatable bonds is 2. The molecule has 0 unspecified atom stereocenters. The van der Waals surface area contributed by atoms with Gasteiger partial charge in [-0.05, 0) is 66.8 Å². The Labute approximate surface area is 120 Å². The van der Waals surface area contributed by atoms with E-state index in [9.17, 15) is 0 Å². The molecule has 0 fully saturated rings. The SMILES string of the molecule is CCc1cc(-c2ccc3c(c2)CC(C)(C)O3)ccc1N. The lowest BCUT2D eigenvalue weighted by Crippen LogP contribution is -2.24. The van der Waals surface area contributed by atoms with Gasteiger partial charge in [-0.3, -0.25) is 0 Å². The van der Waals surface area contributed by atoms with E-state index >= 15 is 0 Å². The Hall–Kier alpha value is -1.96. The van der Waals surface area contributed by atoms with Crippen molar-refractivity contribution in [2.45, 2.75) is 39.2 Å². The highest BCUT2D eigenvalue weighted by Crippen LogP contribution is 2.37. The van der Waals surface area contributed by atoms with E-state index in [0.29, 0.717) is 0 Å². The first-order chi connectivity index (χ1) is 9.48. The summed E-state index contributed by atoms with van der Waals surface area (Å²) in [5, 5.41) is 0. The van der Waals surface area contributed by atoms with Crippen LogP contribution < -0.4 is 10.5 Å². The second-order valence-corrected chi connectivity index (χ2v) is 6.13. The fourth-order valence-corrected chi connectivity index (χ4v) is 2.88. The third-order valence-corrected chi connectivity index (χ3v) is 3.92. The zero-order chi connectivity index (χ0) is 14.3. The largest absolute Gasteiger partial charge is 0.487 e. The molecule has 0 aromatic heterocycles. The van der Waals surface area contributed by atoms with Crippen LogP contribution in [0.15, 0.2) is 36.4 Å². The molecule has 0 amide bonds. The van der Waals surface area contributed by atoms with Crippen LogP contribution >= 0.6 is 0 Å². The number of aryl methyl sites for hydroxylation is 1. The number of anilines is 1. The molecule has 20 heavy (non-hydrogen) atoms. The number of nitrogen functional groups attached to an aromatic ring is 1. The van der Waals surface area contributed by atoms with E-state index < -0.39 is 0 Å². The molecule has 0 saturated heterocycles. The first-order valence-electron chi connectivity index (χ1n) is 7.19. The van der Waals surface area contributed by atoms with Gasteiger partial charge < -0.3 is 10.5 Å². The number of hydrogen-bond donors (Lipinski definition) is 1. The quantitative estimate of drug-likeness (QED) is 0.827. The number of nitrogens with two attached hydrogens (primary N) is 1. The van der Waals surface area contributed by atoms with Gasteiger partial charge in [0.2, 0.25) is 0 Å². The monoisotopic (exact) mass is 267 g/mol. The molecule has 0 bridgehead atoms. The minimum Gasteiger partial charge on any atom is -0.487 e. The van der Waals surface area contributed by atoms with Gasteiger partial charge in [0.25, 0.3) is 0 Å². The van der Waals surface area contributed by atoms with Gasteiger partial charge in [0.05, 0.1) is 0 Å². The summed E-state index contributed by atoms with van der Waals surface area (Å²) in [6.45, 7) is 6.39. The van der Waals surface area contributed by atoms with Crippen molar-refractivity contribution in [3.63, 3.8) is 0 Å². The average molecular weight is 267 g/mol. The van der Waals surface area contributed by atoms with E-state index in [0.717, 1.165) is 24.3 Å². The molecule has 104 valence electrons. The minimum absolute atomic E-state index is 0.0867. The number of hydrogen-bond acceptors (Lipinski definition) is 2. The molecular weight excluding hydrogens is 246 g/mol. The lowest BCUT2D eigenvalue weighted by Gasteiger charge is -2.16. The Morgan fingerprint density at radius 2 is 1.80 bits per heavy atom. The molecular formula is C18H21NO. The van der Waals surface area contributed by atoms with Gasteiger partial charge in [-0.25, -0.2) is 0 Å². The highest BCUT2D eigenvalue weighted by molar-refractivity contribution is 5.69. The van der Waals surface area contributed by atoms with Gasteiger partial charge in [0.1, 0.15) is 11.4 Å². The highest BCUT2D eigenvalue weighted by atomic mass is 16.5. The number of ether oxygens (including phenoxy) is 1. The van der Waals surface area contributed by atoms with Crippen LogP contribution in [0.4, 0.5) is 5.69 Å². The first-order valence-corrected chi connectivity index (χ1v) is 7.19. The normalized spacial score (nSPS) is 15.8. The predicted molar refractivity (Wildman–Crippen MR) is 84.1 cm³/mol. The van der Waals surface area contributed by atoms with Gasteiger partial charge in [-0.2, -0.15) is 0 Å². The van der Waals surface area contributed by atoms with Crippen LogP contribution in [0.5, 0.6) is 5.75 Å². The molecule has 0 saturated carbocycles. The summed E-state index contributed by atoms with van der Waals surface area (Å²) >= 11 is 0. The Kier molecular flexibility index (Phi) is 2.97. The first kappa shape index (κ1) is 13.0. The second-order valence-electron chi connectivity index (χ2n) is 6.13. The number of fused-ring (bicyclic) bond motifs is 1. The molecule has 1 heterocycles. The molecule has 2 aromatic carbocycles. The maximum Gasteiger partial charge on any atom is 0.123 e. The lowest BCUT2D eigenvalue weighted by atomic mass is 9.96. The fraction of sp³-hybridized carbons (Fsp3) is 0.333. The van der Waals surface area contributed by atoms with Crippen molar-refractivity contribution < 1.29 is 4.74 Å². The van der Waals surface area contributed by atoms with E-state index in [4.69, 9.17) is 10.5 Å². The zero-order valence-corrected chi connectivity index (χ0v) is 12.4. The maximum absolute atomic E-state index is 5.98. The van der Waals surface area contributed by atoms with Crippen LogP contribution in [-0.4, -0.2) is 5.60 Å². The third-order valence-electron chi connectivity index (χ3n) is 3.92. The summed E-state index contributed by atoms with van der Waals surface area (Å²) in [5.74, 6) is 1.02. The third kappa shape index (κ3) is 2.26. The van der Waals surface area contributed by atoms with E-state index in [2.05, 4.69) is 51.1 Å². The zero-order valence-electron chi connectivity index (χ0n) is 12.4. The van der Waals surface area contributed by atoms with Gasteiger partial charge >= 0.3 is 0 Å². The maximum atomic E-state index is 5.98. The van der Waals surface area contributed by atoms with Crippen molar-refractivity contribution >= 4 is 5.69 Å². The summed E-state index contributed by atoms with van der Waals surface area (Å²) in [7, 11) is 0. The molecule has 1 aliphatic rings. The van der Waals surface area contributed by atoms with Crippen LogP contribution in [0.1, 0.15) is 31.9 Å². The minimum atomic E-state index is -0.0867. The molecule has 0 radical (unpaired) electrons. The number of benzene rings is 2. The Balaban J connectivity index is 2.01. The second kappa shape index (κ2) is 4.55. The molecule has 3 rings (SSSR count). The van der Waals surface area contributed by atoms with Crippen molar-refractivity contribution in [3.05, 3.63) is 47.5 Å². The van der Waals surface area contributed by atoms with Crippen molar-refractivity contribution in [2.75, 3.05) is 5.73 Å². The van der Waals surface area contributed by atoms with Crippen molar-refractivity contribution in [3.8, 4) is 16.9 Å². The predicted octanol–water partition coefficient (Wildman–Crippen LogP) is 4.21. The van der Waals surface area contributed by atoms with Gasteiger partial charge in [0.15, 0.2) is 0 Å². The van der Waals surface area contributed by atoms with Crippen LogP contribution in [0.25, 0.3) is 11.1 Å². The average Bonchev–Trinajstić information content (AvgIpc) is 2.72. The molecule has 0 atom stereocenters. The molecule has 2 N–H and O–H groups in total. The summed E-state index contributed by atoms with van der Waals surface area (Å²) in [6.07, 6.45) is 1.92. The lowest BCUT2D eigenvalue weighted by molar-refractivity contribution is 0.138. The smallest absolute Gasteiger partial charge is 0.123 e. The van der Waals surface area contributed by atoms with E-state index in [1.54, 1.807) is 0 Å². The summed E-state index contributed by atoms with van der Waals surface area (Å²) in [5.41, 5.74) is 11.7. The fourth-order valence-electron chi connectivity index (χ4n) is 2.88. The van der Waals surface area contributed by atoms with Gasteiger partial charge in [-0.1, -0.05) is 19.1 Å². The van der Waals surface area contributed by atoms with Crippen LogP contribution in [0.3, 0.4) is 0 Å². The standard InChI is InChI=1S/C18H21NO/c1-4-12-9-13(5-7-16(12)19)14-6-8-17-15(10-14)11-18(2,3)20-17/h5-10H,4,11,19H2,1-3H3. The molecule has 2 nitrogen and oxygen atoms in total.